The summed E-state index contributed by atoms with van der Waals surface area (Å²) in [5, 5.41) is 4.33. The lowest BCUT2D eigenvalue weighted by atomic mass is 10.1. The van der Waals surface area contributed by atoms with Gasteiger partial charge in [-0.05, 0) is 31.4 Å². The standard InChI is InChI=1S/C22H21ClF3N5O2/c23-20-18(11-28-31(21(20)32)19-7-3-4-10-33-19)29-9-8-17-15(12-29)27-13-30(17)16-6-2-1-5-14(16)22(24,25)26/h1-2,5-6,11,13,19H,3-4,7-10,12H2. The summed E-state index contributed by atoms with van der Waals surface area (Å²) in [6.45, 7) is 1.34. The molecule has 0 saturated carbocycles. The normalized spacial score (nSPS) is 18.9. The number of hydrogen-bond acceptors (Lipinski definition) is 5. The Balaban J connectivity index is 1.43. The van der Waals surface area contributed by atoms with Gasteiger partial charge >= 0.3 is 6.18 Å². The number of aromatic nitrogens is 4. The van der Waals surface area contributed by atoms with E-state index in [1.54, 1.807) is 12.3 Å². The zero-order chi connectivity index (χ0) is 23.2. The molecule has 1 unspecified atom stereocenters. The van der Waals surface area contributed by atoms with Gasteiger partial charge in [-0.2, -0.15) is 23.0 Å². The number of alkyl halides is 3. The summed E-state index contributed by atoms with van der Waals surface area (Å²) in [6, 6.07) is 5.44. The number of hydrogen-bond donors (Lipinski definition) is 0. The highest BCUT2D eigenvalue weighted by molar-refractivity contribution is 6.33. The minimum Gasteiger partial charge on any atom is -0.362 e. The molecule has 1 saturated heterocycles. The molecule has 1 atom stereocenters. The predicted octanol–water partition coefficient (Wildman–Crippen LogP) is 4.36. The third-order valence-corrected chi connectivity index (χ3v) is 6.43. The Morgan fingerprint density at radius 1 is 1.15 bits per heavy atom. The van der Waals surface area contributed by atoms with Gasteiger partial charge in [0.2, 0.25) is 0 Å². The Morgan fingerprint density at radius 3 is 2.73 bits per heavy atom. The van der Waals surface area contributed by atoms with E-state index in [4.69, 9.17) is 16.3 Å². The van der Waals surface area contributed by atoms with Gasteiger partial charge in [0.25, 0.3) is 5.56 Å². The van der Waals surface area contributed by atoms with Gasteiger partial charge in [0.15, 0.2) is 6.23 Å². The van der Waals surface area contributed by atoms with Crippen molar-refractivity contribution in [3.63, 3.8) is 0 Å². The van der Waals surface area contributed by atoms with E-state index in [-0.39, 0.29) is 10.7 Å². The highest BCUT2D eigenvalue weighted by atomic mass is 35.5. The second-order valence-electron chi connectivity index (χ2n) is 8.11. The number of halogens is 4. The van der Waals surface area contributed by atoms with E-state index in [1.165, 1.54) is 27.7 Å². The molecular weight excluding hydrogens is 459 g/mol. The van der Waals surface area contributed by atoms with Crippen molar-refractivity contribution in [1.29, 1.82) is 0 Å². The highest BCUT2D eigenvalue weighted by Gasteiger charge is 2.35. The second-order valence-corrected chi connectivity index (χ2v) is 8.49. The van der Waals surface area contributed by atoms with Crippen LogP contribution in [0.5, 0.6) is 0 Å². The zero-order valence-corrected chi connectivity index (χ0v) is 18.3. The van der Waals surface area contributed by atoms with Crippen LogP contribution in [-0.2, 0) is 23.9 Å². The molecule has 1 aromatic carbocycles. The fourth-order valence-corrected chi connectivity index (χ4v) is 4.68. The number of anilines is 1. The van der Waals surface area contributed by atoms with Crippen LogP contribution in [-0.4, -0.2) is 32.5 Å². The Labute approximate surface area is 192 Å². The van der Waals surface area contributed by atoms with E-state index < -0.39 is 23.5 Å². The van der Waals surface area contributed by atoms with Gasteiger partial charge < -0.3 is 14.2 Å². The first-order valence-electron chi connectivity index (χ1n) is 10.7. The topological polar surface area (TPSA) is 65.2 Å². The first-order valence-corrected chi connectivity index (χ1v) is 11.1. The predicted molar refractivity (Wildman–Crippen MR) is 116 cm³/mol. The van der Waals surface area contributed by atoms with Crippen molar-refractivity contribution in [1.82, 2.24) is 19.3 Å². The molecule has 0 spiro atoms. The third kappa shape index (κ3) is 4.02. The van der Waals surface area contributed by atoms with Crippen LogP contribution in [0, 0.1) is 0 Å². The van der Waals surface area contributed by atoms with Gasteiger partial charge in [0.05, 0.1) is 41.7 Å². The Morgan fingerprint density at radius 2 is 1.97 bits per heavy atom. The molecular formula is C22H21ClF3N5O2. The summed E-state index contributed by atoms with van der Waals surface area (Å²) in [5.74, 6) is 0. The number of fused-ring (bicyclic) bond motifs is 1. The second kappa shape index (κ2) is 8.49. The number of rotatable bonds is 3. The largest absolute Gasteiger partial charge is 0.418 e. The molecule has 11 heteroatoms. The molecule has 0 bridgehead atoms. The van der Waals surface area contributed by atoms with Gasteiger partial charge in [-0.1, -0.05) is 23.7 Å². The molecule has 4 heterocycles. The SMILES string of the molecule is O=c1c(Cl)c(N2CCc3c(ncn3-c3ccccc3C(F)(F)F)C2)cnn1C1CCCCO1. The van der Waals surface area contributed by atoms with Crippen molar-refractivity contribution >= 4 is 17.3 Å². The third-order valence-electron chi connectivity index (χ3n) is 6.08. The van der Waals surface area contributed by atoms with Crippen molar-refractivity contribution in [2.45, 2.75) is 44.6 Å². The fourth-order valence-electron chi connectivity index (χ4n) is 4.42. The Bertz CT molecular complexity index is 1230. The molecule has 2 aliphatic heterocycles. The van der Waals surface area contributed by atoms with Crippen LogP contribution in [0.2, 0.25) is 5.02 Å². The minimum atomic E-state index is -4.47. The van der Waals surface area contributed by atoms with Crippen LogP contribution in [0.25, 0.3) is 5.69 Å². The molecule has 5 rings (SSSR count). The first-order chi connectivity index (χ1) is 15.8. The number of benzene rings is 1. The van der Waals surface area contributed by atoms with Crippen LogP contribution < -0.4 is 10.5 Å². The fraction of sp³-hybridized carbons (Fsp3) is 0.409. The quantitative estimate of drug-likeness (QED) is 0.558. The molecule has 0 aliphatic carbocycles. The van der Waals surface area contributed by atoms with Crippen molar-refractivity contribution in [3.8, 4) is 5.69 Å². The smallest absolute Gasteiger partial charge is 0.362 e. The van der Waals surface area contributed by atoms with E-state index in [9.17, 15) is 18.0 Å². The van der Waals surface area contributed by atoms with Gasteiger partial charge in [-0.25, -0.2) is 4.98 Å². The van der Waals surface area contributed by atoms with Crippen molar-refractivity contribution < 1.29 is 17.9 Å². The number of imidazole rings is 1. The Kier molecular flexibility index (Phi) is 5.65. The van der Waals surface area contributed by atoms with Crippen LogP contribution in [0.1, 0.15) is 42.4 Å². The van der Waals surface area contributed by atoms with Crippen LogP contribution in [0.4, 0.5) is 18.9 Å². The average molecular weight is 480 g/mol. The summed E-state index contributed by atoms with van der Waals surface area (Å²) in [5.41, 5.74) is 0.724. The molecule has 2 aliphatic rings. The highest BCUT2D eigenvalue weighted by Crippen LogP contribution is 2.36. The molecule has 2 aromatic heterocycles. The van der Waals surface area contributed by atoms with Gasteiger partial charge in [0.1, 0.15) is 5.02 Å². The molecule has 0 amide bonds. The number of ether oxygens (including phenoxy) is 1. The van der Waals surface area contributed by atoms with Crippen LogP contribution >= 0.6 is 11.6 Å². The molecule has 33 heavy (non-hydrogen) atoms. The summed E-state index contributed by atoms with van der Waals surface area (Å²) in [6.07, 6.45) is 1.11. The van der Waals surface area contributed by atoms with E-state index in [0.29, 0.717) is 49.6 Å². The maximum absolute atomic E-state index is 13.5. The minimum absolute atomic E-state index is 0.0435. The van der Waals surface area contributed by atoms with Crippen LogP contribution in [0.3, 0.4) is 0 Å². The zero-order valence-electron chi connectivity index (χ0n) is 17.6. The van der Waals surface area contributed by atoms with E-state index in [1.807, 2.05) is 4.90 Å². The summed E-state index contributed by atoms with van der Waals surface area (Å²) in [4.78, 5) is 19.1. The van der Waals surface area contributed by atoms with Crippen molar-refractivity contribution in [2.24, 2.45) is 0 Å². The lowest BCUT2D eigenvalue weighted by Gasteiger charge is -2.30. The molecule has 1 fully saturated rings. The molecule has 0 radical (unpaired) electrons. The molecule has 0 N–H and O–H groups in total. The summed E-state index contributed by atoms with van der Waals surface area (Å²) >= 11 is 6.43. The van der Waals surface area contributed by atoms with Gasteiger partial charge in [-0.15, -0.1) is 0 Å². The average Bonchev–Trinajstić information content (AvgIpc) is 3.24. The lowest BCUT2D eigenvalue weighted by Crippen LogP contribution is -2.36. The van der Waals surface area contributed by atoms with Crippen LogP contribution in [0.15, 0.2) is 41.6 Å². The number of para-hydroxylation sites is 1. The maximum Gasteiger partial charge on any atom is 0.418 e. The van der Waals surface area contributed by atoms with Gasteiger partial charge in [-0.3, -0.25) is 4.79 Å². The first kappa shape index (κ1) is 22.0. The molecule has 3 aromatic rings. The monoisotopic (exact) mass is 479 g/mol. The molecule has 7 nitrogen and oxygen atoms in total. The Hall–Kier alpha value is -2.85. The van der Waals surface area contributed by atoms with Crippen molar-refractivity contribution in [3.05, 3.63) is 69.1 Å². The van der Waals surface area contributed by atoms with E-state index in [2.05, 4.69) is 10.1 Å². The van der Waals surface area contributed by atoms with Gasteiger partial charge in [0, 0.05) is 25.3 Å². The van der Waals surface area contributed by atoms with Crippen molar-refractivity contribution in [2.75, 3.05) is 18.1 Å². The summed E-state index contributed by atoms with van der Waals surface area (Å²) < 4.78 is 48.9. The lowest BCUT2D eigenvalue weighted by molar-refractivity contribution is -0.137. The summed E-state index contributed by atoms with van der Waals surface area (Å²) in [7, 11) is 0. The van der Waals surface area contributed by atoms with E-state index in [0.717, 1.165) is 18.9 Å². The van der Waals surface area contributed by atoms with E-state index >= 15 is 0 Å². The maximum atomic E-state index is 13.5. The number of nitrogens with zero attached hydrogens (tertiary/aromatic N) is 5. The molecule has 174 valence electrons.